The van der Waals surface area contributed by atoms with E-state index in [-0.39, 0.29) is 24.3 Å². The molecule has 0 aliphatic carbocycles. The smallest absolute Gasteiger partial charge is 0.445 e. The Labute approximate surface area is 190 Å². The van der Waals surface area contributed by atoms with Gasteiger partial charge in [0, 0.05) is 35.0 Å². The van der Waals surface area contributed by atoms with E-state index >= 15 is 0 Å². The molecule has 0 saturated heterocycles. The molecule has 2 aromatic heterocycles. The van der Waals surface area contributed by atoms with E-state index in [0.29, 0.717) is 5.56 Å². The van der Waals surface area contributed by atoms with Crippen LogP contribution in [0.3, 0.4) is 0 Å². The Morgan fingerprint density at radius 1 is 1.03 bits per heavy atom. The summed E-state index contributed by atoms with van der Waals surface area (Å²) in [6.07, 6.45) is -3.98. The number of hydrogen-bond donors (Lipinski definition) is 1. The van der Waals surface area contributed by atoms with Gasteiger partial charge in [-0.15, -0.1) is 0 Å². The second kappa shape index (κ2) is 9.69. The van der Waals surface area contributed by atoms with E-state index in [9.17, 15) is 22.4 Å². The quantitative estimate of drug-likeness (QED) is 0.379. The third kappa shape index (κ3) is 5.55. The molecule has 0 aliphatic heterocycles. The molecule has 0 saturated carbocycles. The molecule has 7 nitrogen and oxygen atoms in total. The minimum Gasteiger partial charge on any atom is -0.445 e. The van der Waals surface area contributed by atoms with Gasteiger partial charge in [0.2, 0.25) is 5.82 Å². The number of benzene rings is 2. The molecule has 2 aromatic carbocycles. The van der Waals surface area contributed by atoms with Crippen molar-refractivity contribution in [3.8, 4) is 22.6 Å². The number of ether oxygens (including phenoxy) is 1. The molecular formula is C23H16F4N4O3. The number of amides is 1. The second-order valence-corrected chi connectivity index (χ2v) is 7.07. The summed E-state index contributed by atoms with van der Waals surface area (Å²) in [5, 5.41) is 5.62. The van der Waals surface area contributed by atoms with E-state index in [2.05, 4.69) is 25.0 Å². The molecule has 0 fully saturated rings. The highest BCUT2D eigenvalue weighted by Crippen LogP contribution is 2.29. The first-order valence-electron chi connectivity index (χ1n) is 9.90. The summed E-state index contributed by atoms with van der Waals surface area (Å²) < 4.78 is 61.3. The van der Waals surface area contributed by atoms with Crippen molar-refractivity contribution in [2.45, 2.75) is 19.3 Å². The largest absolute Gasteiger partial charge is 0.471 e. The third-order valence-electron chi connectivity index (χ3n) is 4.67. The molecule has 34 heavy (non-hydrogen) atoms. The Kier molecular flexibility index (Phi) is 6.53. The number of halogens is 4. The van der Waals surface area contributed by atoms with Crippen LogP contribution in [0.25, 0.3) is 22.6 Å². The Balaban J connectivity index is 1.29. The predicted molar refractivity (Wildman–Crippen MR) is 111 cm³/mol. The van der Waals surface area contributed by atoms with Gasteiger partial charge in [-0.3, -0.25) is 4.98 Å². The van der Waals surface area contributed by atoms with Gasteiger partial charge >= 0.3 is 18.2 Å². The zero-order valence-corrected chi connectivity index (χ0v) is 17.3. The number of carbonyl (C=O) groups is 1. The number of aromatic nitrogens is 3. The maximum atomic E-state index is 14.3. The lowest BCUT2D eigenvalue weighted by Crippen LogP contribution is -2.24. The Morgan fingerprint density at radius 2 is 1.82 bits per heavy atom. The lowest BCUT2D eigenvalue weighted by Gasteiger charge is -2.09. The van der Waals surface area contributed by atoms with Gasteiger partial charge in [0.1, 0.15) is 12.4 Å². The first-order valence-corrected chi connectivity index (χ1v) is 9.90. The van der Waals surface area contributed by atoms with Gasteiger partial charge in [-0.05, 0) is 12.1 Å². The van der Waals surface area contributed by atoms with Crippen LogP contribution < -0.4 is 5.32 Å². The summed E-state index contributed by atoms with van der Waals surface area (Å²) in [5.74, 6) is -2.70. The van der Waals surface area contributed by atoms with Crippen molar-refractivity contribution >= 4 is 6.09 Å². The number of nitrogens with one attached hydrogen (secondary N) is 1. The van der Waals surface area contributed by atoms with Crippen LogP contribution in [0, 0.1) is 5.82 Å². The van der Waals surface area contributed by atoms with E-state index in [4.69, 9.17) is 4.74 Å². The minimum absolute atomic E-state index is 0.00507. The Morgan fingerprint density at radius 3 is 2.47 bits per heavy atom. The van der Waals surface area contributed by atoms with Crippen LogP contribution in [0.5, 0.6) is 0 Å². The fourth-order valence-corrected chi connectivity index (χ4v) is 2.94. The molecular weight excluding hydrogens is 456 g/mol. The Bertz CT molecular complexity index is 1280. The minimum atomic E-state index is -4.80. The van der Waals surface area contributed by atoms with E-state index < -0.39 is 29.8 Å². The third-order valence-corrected chi connectivity index (χ3v) is 4.67. The SMILES string of the molecule is O=C(NCc1ccc(-c2noc(C(F)(F)F)n2)cc1F)OCc1ccc(-c2ccccc2)nc1. The molecule has 11 heteroatoms. The lowest BCUT2D eigenvalue weighted by molar-refractivity contribution is -0.159. The van der Waals surface area contributed by atoms with Crippen LogP contribution in [-0.4, -0.2) is 21.2 Å². The molecule has 174 valence electrons. The number of hydrogen-bond acceptors (Lipinski definition) is 6. The van der Waals surface area contributed by atoms with E-state index in [0.717, 1.165) is 17.3 Å². The van der Waals surface area contributed by atoms with Crippen molar-refractivity contribution < 1.29 is 31.6 Å². The summed E-state index contributed by atoms with van der Waals surface area (Å²) >= 11 is 0. The zero-order valence-electron chi connectivity index (χ0n) is 17.3. The van der Waals surface area contributed by atoms with Gasteiger partial charge in [0.15, 0.2) is 0 Å². The number of alkyl halides is 3. The summed E-state index contributed by atoms with van der Waals surface area (Å²) in [4.78, 5) is 19.5. The van der Waals surface area contributed by atoms with E-state index in [1.165, 1.54) is 12.1 Å². The van der Waals surface area contributed by atoms with Crippen molar-refractivity contribution in [2.75, 3.05) is 0 Å². The highest BCUT2D eigenvalue weighted by Gasteiger charge is 2.38. The maximum absolute atomic E-state index is 14.3. The number of pyridine rings is 1. The molecule has 1 amide bonds. The molecule has 0 unspecified atom stereocenters. The lowest BCUT2D eigenvalue weighted by atomic mass is 10.1. The molecule has 0 spiro atoms. The van der Waals surface area contributed by atoms with Gasteiger partial charge in [-0.2, -0.15) is 18.2 Å². The van der Waals surface area contributed by atoms with Crippen LogP contribution in [0.15, 0.2) is 71.4 Å². The molecule has 0 atom stereocenters. The molecule has 0 radical (unpaired) electrons. The predicted octanol–water partition coefficient (Wildman–Crippen LogP) is 5.38. The average molecular weight is 472 g/mol. The summed E-state index contributed by atoms with van der Waals surface area (Å²) in [5.41, 5.74) is 2.50. The van der Waals surface area contributed by atoms with Crippen LogP contribution in [-0.2, 0) is 24.1 Å². The highest BCUT2D eigenvalue weighted by molar-refractivity contribution is 5.67. The monoisotopic (exact) mass is 472 g/mol. The number of nitrogens with zero attached hydrogens (tertiary/aromatic N) is 3. The first-order chi connectivity index (χ1) is 16.3. The molecule has 0 aliphatic rings. The first kappa shape index (κ1) is 22.9. The highest BCUT2D eigenvalue weighted by atomic mass is 19.4. The summed E-state index contributed by atoms with van der Waals surface area (Å²) in [7, 11) is 0. The number of alkyl carbamates (subject to hydrolysis) is 1. The molecule has 4 rings (SSSR count). The van der Waals surface area contributed by atoms with Gasteiger partial charge in [0.25, 0.3) is 0 Å². The molecule has 2 heterocycles. The number of carbonyl (C=O) groups excluding carboxylic acids is 1. The van der Waals surface area contributed by atoms with Crippen molar-refractivity contribution in [1.29, 1.82) is 0 Å². The normalized spacial score (nSPS) is 11.3. The van der Waals surface area contributed by atoms with Crippen LogP contribution in [0.1, 0.15) is 17.0 Å². The van der Waals surface area contributed by atoms with Crippen LogP contribution >= 0.6 is 0 Å². The zero-order chi connectivity index (χ0) is 24.1. The van der Waals surface area contributed by atoms with Crippen molar-refractivity contribution in [2.24, 2.45) is 0 Å². The summed E-state index contributed by atoms with van der Waals surface area (Å²) in [6.45, 7) is -0.231. The fourth-order valence-electron chi connectivity index (χ4n) is 2.94. The van der Waals surface area contributed by atoms with Crippen molar-refractivity contribution in [3.05, 3.63) is 89.7 Å². The second-order valence-electron chi connectivity index (χ2n) is 7.07. The molecule has 0 bridgehead atoms. The van der Waals surface area contributed by atoms with Gasteiger partial charge in [-0.1, -0.05) is 53.7 Å². The van der Waals surface area contributed by atoms with Crippen molar-refractivity contribution in [3.63, 3.8) is 0 Å². The molecule has 4 aromatic rings. The topological polar surface area (TPSA) is 90.1 Å². The van der Waals surface area contributed by atoms with Crippen molar-refractivity contribution in [1.82, 2.24) is 20.4 Å². The van der Waals surface area contributed by atoms with Crippen LogP contribution in [0.2, 0.25) is 0 Å². The van der Waals surface area contributed by atoms with E-state index in [1.807, 2.05) is 36.4 Å². The molecule has 1 N–H and O–H groups in total. The standard InChI is InChI=1S/C23H16F4N4O3/c24-18-10-16(20-30-21(34-31-20)23(25,26)27)7-8-17(18)12-29-22(32)33-13-14-6-9-19(28-11-14)15-4-2-1-3-5-15/h1-11H,12-13H2,(H,29,32). The van der Waals surface area contributed by atoms with Gasteiger partial charge in [-0.25, -0.2) is 9.18 Å². The average Bonchev–Trinajstić information content (AvgIpc) is 3.34. The van der Waals surface area contributed by atoms with E-state index in [1.54, 1.807) is 12.3 Å². The fraction of sp³-hybridized carbons (Fsp3) is 0.130. The Hall–Kier alpha value is -4.28. The number of rotatable bonds is 6. The summed E-state index contributed by atoms with van der Waals surface area (Å²) in [6, 6.07) is 16.7. The maximum Gasteiger partial charge on any atom is 0.471 e. The van der Waals surface area contributed by atoms with Gasteiger partial charge in [0.05, 0.1) is 5.69 Å². The van der Waals surface area contributed by atoms with Gasteiger partial charge < -0.3 is 14.6 Å². The van der Waals surface area contributed by atoms with Crippen LogP contribution in [0.4, 0.5) is 22.4 Å².